The van der Waals surface area contributed by atoms with Gasteiger partial charge in [0.2, 0.25) is 11.8 Å². The Kier molecular flexibility index (Phi) is 6.89. The van der Waals surface area contributed by atoms with Gasteiger partial charge in [0.15, 0.2) is 0 Å². The Morgan fingerprint density at radius 2 is 1.84 bits per heavy atom. The van der Waals surface area contributed by atoms with E-state index in [0.29, 0.717) is 25.9 Å². The second-order valence-electron chi connectivity index (χ2n) is 8.37. The summed E-state index contributed by atoms with van der Waals surface area (Å²) in [4.78, 5) is 52.8. The Balaban J connectivity index is 1.21. The molecule has 2 unspecified atom stereocenters. The molecule has 1 aromatic carbocycles. The van der Waals surface area contributed by atoms with Crippen LogP contribution in [-0.2, 0) is 20.9 Å². The van der Waals surface area contributed by atoms with Crippen LogP contribution in [0.5, 0.6) is 0 Å². The van der Waals surface area contributed by atoms with Crippen molar-refractivity contribution in [2.24, 2.45) is 5.92 Å². The van der Waals surface area contributed by atoms with Gasteiger partial charge < -0.3 is 20.3 Å². The van der Waals surface area contributed by atoms with Crippen LogP contribution in [0, 0.1) is 5.92 Å². The summed E-state index contributed by atoms with van der Waals surface area (Å²) in [6.07, 6.45) is 1.78. The smallest absolute Gasteiger partial charge is 0.407 e. The zero-order valence-corrected chi connectivity index (χ0v) is 17.9. The van der Waals surface area contributed by atoms with Gasteiger partial charge in [-0.2, -0.15) is 0 Å². The summed E-state index contributed by atoms with van der Waals surface area (Å²) in [5.41, 5.74) is 0.864. The number of rotatable bonds is 5. The van der Waals surface area contributed by atoms with E-state index in [1.54, 1.807) is 4.90 Å². The van der Waals surface area contributed by atoms with Crippen LogP contribution in [0.25, 0.3) is 0 Å². The molecule has 2 atom stereocenters. The summed E-state index contributed by atoms with van der Waals surface area (Å²) in [5.74, 6) is -0.572. The maximum atomic E-state index is 12.9. The number of urea groups is 1. The summed E-state index contributed by atoms with van der Waals surface area (Å²) in [5, 5.41) is 8.57. The lowest BCUT2D eigenvalue weighted by Gasteiger charge is -2.45. The second kappa shape index (κ2) is 9.99. The molecule has 0 aliphatic carbocycles. The van der Waals surface area contributed by atoms with Crippen molar-refractivity contribution in [3.8, 4) is 0 Å². The van der Waals surface area contributed by atoms with Crippen LogP contribution in [0.2, 0.25) is 0 Å². The molecule has 3 aliphatic rings. The normalized spacial score (nSPS) is 23.9. The number of hydrogen-bond acceptors (Lipinski definition) is 6. The molecule has 10 heteroatoms. The fraction of sp³-hybridized carbons (Fsp3) is 0.545. The van der Waals surface area contributed by atoms with Gasteiger partial charge in [0, 0.05) is 19.1 Å². The SMILES string of the molecule is O=C(NCC(=O)N1CCC(N2C(=O)NC3NCCCC3C2=O)CC1)OCc1ccccc1. The van der Waals surface area contributed by atoms with Crippen LogP contribution in [0.1, 0.15) is 31.2 Å². The number of carbonyl (C=O) groups is 4. The summed E-state index contributed by atoms with van der Waals surface area (Å²) >= 11 is 0. The van der Waals surface area contributed by atoms with E-state index in [9.17, 15) is 19.2 Å². The first-order valence-corrected chi connectivity index (χ1v) is 11.1. The molecule has 0 aromatic heterocycles. The van der Waals surface area contributed by atoms with Gasteiger partial charge in [0.25, 0.3) is 0 Å². The predicted octanol–water partition coefficient (Wildman–Crippen LogP) is 0.781. The van der Waals surface area contributed by atoms with Gasteiger partial charge in [-0.15, -0.1) is 0 Å². The van der Waals surface area contributed by atoms with Crippen molar-refractivity contribution in [2.45, 2.75) is 44.5 Å². The summed E-state index contributed by atoms with van der Waals surface area (Å²) in [6, 6.07) is 8.70. The van der Waals surface area contributed by atoms with Gasteiger partial charge in [-0.3, -0.25) is 19.8 Å². The molecule has 3 heterocycles. The van der Waals surface area contributed by atoms with E-state index < -0.39 is 6.09 Å². The average molecular weight is 444 g/mol. The number of hydrogen-bond donors (Lipinski definition) is 3. The lowest BCUT2D eigenvalue weighted by molar-refractivity contribution is -0.140. The number of alkyl carbamates (subject to hydrolysis) is 1. The highest BCUT2D eigenvalue weighted by molar-refractivity contribution is 5.99. The lowest BCUT2D eigenvalue weighted by Crippen LogP contribution is -2.68. The molecule has 0 radical (unpaired) electrons. The Morgan fingerprint density at radius 3 is 2.59 bits per heavy atom. The van der Waals surface area contributed by atoms with Crippen molar-refractivity contribution in [3.63, 3.8) is 0 Å². The highest BCUT2D eigenvalue weighted by Crippen LogP contribution is 2.27. The summed E-state index contributed by atoms with van der Waals surface area (Å²) in [6.45, 7) is 1.62. The molecule has 3 fully saturated rings. The summed E-state index contributed by atoms with van der Waals surface area (Å²) < 4.78 is 5.11. The highest BCUT2D eigenvalue weighted by Gasteiger charge is 2.45. The van der Waals surface area contributed by atoms with Crippen LogP contribution < -0.4 is 16.0 Å². The molecule has 0 bridgehead atoms. The first-order valence-electron chi connectivity index (χ1n) is 11.1. The number of carbonyl (C=O) groups excluding carboxylic acids is 4. The van der Waals surface area contributed by atoms with Crippen LogP contribution in [-0.4, -0.2) is 72.1 Å². The zero-order valence-electron chi connectivity index (χ0n) is 17.9. The molecule has 0 spiro atoms. The number of nitrogens with zero attached hydrogens (tertiary/aromatic N) is 2. The number of imide groups is 1. The number of benzene rings is 1. The van der Waals surface area contributed by atoms with Gasteiger partial charge in [0.05, 0.1) is 12.1 Å². The van der Waals surface area contributed by atoms with E-state index >= 15 is 0 Å². The van der Waals surface area contributed by atoms with Crippen molar-refractivity contribution >= 4 is 23.9 Å². The molecule has 32 heavy (non-hydrogen) atoms. The Morgan fingerprint density at radius 1 is 1.09 bits per heavy atom. The van der Waals surface area contributed by atoms with Crippen molar-refractivity contribution in [1.82, 2.24) is 25.8 Å². The van der Waals surface area contributed by atoms with Crippen molar-refractivity contribution in [2.75, 3.05) is 26.2 Å². The zero-order chi connectivity index (χ0) is 22.5. The molecular formula is C22H29N5O5. The molecule has 4 rings (SSSR count). The fourth-order valence-corrected chi connectivity index (χ4v) is 4.54. The van der Waals surface area contributed by atoms with Gasteiger partial charge in [-0.1, -0.05) is 30.3 Å². The van der Waals surface area contributed by atoms with E-state index in [1.807, 2.05) is 30.3 Å². The van der Waals surface area contributed by atoms with Crippen LogP contribution in [0.3, 0.4) is 0 Å². The van der Waals surface area contributed by atoms with Gasteiger partial charge in [-0.05, 0) is 37.8 Å². The van der Waals surface area contributed by atoms with Gasteiger partial charge in [-0.25, -0.2) is 9.59 Å². The number of ether oxygens (including phenoxy) is 1. The molecule has 10 nitrogen and oxygen atoms in total. The third-order valence-corrected chi connectivity index (χ3v) is 6.29. The largest absolute Gasteiger partial charge is 0.445 e. The van der Waals surface area contributed by atoms with E-state index in [4.69, 9.17) is 4.74 Å². The monoisotopic (exact) mass is 443 g/mol. The van der Waals surface area contributed by atoms with Crippen molar-refractivity contribution < 1.29 is 23.9 Å². The molecule has 5 amide bonds. The third kappa shape index (κ3) is 5.01. The second-order valence-corrected chi connectivity index (χ2v) is 8.37. The minimum Gasteiger partial charge on any atom is -0.445 e. The predicted molar refractivity (Wildman–Crippen MR) is 114 cm³/mol. The molecule has 1 aromatic rings. The van der Waals surface area contributed by atoms with Gasteiger partial charge in [0.1, 0.15) is 13.2 Å². The number of piperidine rings is 2. The van der Waals surface area contributed by atoms with E-state index in [2.05, 4.69) is 16.0 Å². The fourth-order valence-electron chi connectivity index (χ4n) is 4.54. The van der Waals surface area contributed by atoms with E-state index in [0.717, 1.165) is 24.9 Å². The van der Waals surface area contributed by atoms with Crippen LogP contribution in [0.15, 0.2) is 30.3 Å². The molecular weight excluding hydrogens is 414 g/mol. The first-order chi connectivity index (χ1) is 15.5. The first kappa shape index (κ1) is 22.1. The molecule has 3 saturated heterocycles. The molecule has 3 N–H and O–H groups in total. The molecule has 3 aliphatic heterocycles. The van der Waals surface area contributed by atoms with E-state index in [-0.39, 0.29) is 49.1 Å². The van der Waals surface area contributed by atoms with Crippen molar-refractivity contribution in [3.05, 3.63) is 35.9 Å². The average Bonchev–Trinajstić information content (AvgIpc) is 2.82. The van der Waals surface area contributed by atoms with Gasteiger partial charge >= 0.3 is 12.1 Å². The minimum atomic E-state index is -0.650. The molecule has 172 valence electrons. The van der Waals surface area contributed by atoms with Crippen LogP contribution >= 0.6 is 0 Å². The van der Waals surface area contributed by atoms with E-state index in [1.165, 1.54) is 4.90 Å². The number of amides is 5. The topological polar surface area (TPSA) is 120 Å². The van der Waals surface area contributed by atoms with Crippen molar-refractivity contribution in [1.29, 1.82) is 0 Å². The summed E-state index contributed by atoms with van der Waals surface area (Å²) in [7, 11) is 0. The third-order valence-electron chi connectivity index (χ3n) is 6.29. The quantitative estimate of drug-likeness (QED) is 0.619. The van der Waals surface area contributed by atoms with Crippen LogP contribution in [0.4, 0.5) is 9.59 Å². The molecule has 0 saturated carbocycles. The number of likely N-dealkylation sites (tertiary alicyclic amines) is 1. The Bertz CT molecular complexity index is 856. The standard InChI is InChI=1S/C22H29N5O5/c28-18(13-24-22(31)32-14-15-5-2-1-3-6-15)26-11-8-16(9-12-26)27-20(29)17-7-4-10-23-19(17)25-21(27)30/h1-3,5-6,16-17,19,23H,4,7-14H2,(H,24,31)(H,25,30). The maximum absolute atomic E-state index is 12.9. The highest BCUT2D eigenvalue weighted by atomic mass is 16.5. The maximum Gasteiger partial charge on any atom is 0.407 e. The minimum absolute atomic E-state index is 0.126. The number of fused-ring (bicyclic) bond motifs is 1. The Labute approximate surface area is 186 Å². The lowest BCUT2D eigenvalue weighted by atomic mass is 9.91. The Hall–Kier alpha value is -3.14. The number of nitrogens with one attached hydrogen (secondary N) is 3.